The molecule has 0 fully saturated rings. The number of nitrogens with zero attached hydrogens (tertiary/aromatic N) is 4. The Morgan fingerprint density at radius 1 is 1.08 bits per heavy atom. The van der Waals surface area contributed by atoms with Gasteiger partial charge in [0.1, 0.15) is 6.33 Å². The van der Waals surface area contributed by atoms with Gasteiger partial charge in [0.2, 0.25) is 0 Å². The molecule has 0 unspecified atom stereocenters. The van der Waals surface area contributed by atoms with Crippen LogP contribution < -0.4 is 5.32 Å². The van der Waals surface area contributed by atoms with Gasteiger partial charge >= 0.3 is 6.03 Å². The largest absolute Gasteiger partial charge is 0.331 e. The highest BCUT2D eigenvalue weighted by atomic mass is 16.2. The second-order valence-electron chi connectivity index (χ2n) is 6.31. The summed E-state index contributed by atoms with van der Waals surface area (Å²) in [7, 11) is 1.79. The Kier molecular flexibility index (Phi) is 5.31. The summed E-state index contributed by atoms with van der Waals surface area (Å²) in [5.74, 6) is 0.685. The summed E-state index contributed by atoms with van der Waals surface area (Å²) in [6, 6.07) is 15.8. The normalized spacial score (nSPS) is 10.6. The minimum atomic E-state index is -0.143. The molecule has 3 aromatic rings. The molecule has 0 bridgehead atoms. The molecule has 0 spiro atoms. The van der Waals surface area contributed by atoms with E-state index in [1.807, 2.05) is 36.4 Å². The second kappa shape index (κ2) is 7.82. The van der Waals surface area contributed by atoms with Gasteiger partial charge in [-0.15, -0.1) is 0 Å². The third-order valence-electron chi connectivity index (χ3n) is 4.40. The van der Waals surface area contributed by atoms with E-state index in [0.717, 1.165) is 5.69 Å². The fraction of sp³-hybridized carbons (Fsp3) is 0.250. The minimum Gasteiger partial charge on any atom is -0.331 e. The van der Waals surface area contributed by atoms with E-state index < -0.39 is 0 Å². The van der Waals surface area contributed by atoms with E-state index >= 15 is 0 Å². The van der Waals surface area contributed by atoms with Crippen LogP contribution in [0.15, 0.2) is 54.9 Å². The van der Waals surface area contributed by atoms with E-state index in [-0.39, 0.29) is 6.03 Å². The molecule has 134 valence electrons. The number of carbonyl (C=O) groups excluding carboxylic acids is 1. The summed E-state index contributed by atoms with van der Waals surface area (Å²) >= 11 is 0. The molecule has 6 heteroatoms. The SMILES string of the molecule is Cc1cccc(C)c1CN(C)C(=O)NCc1ncnn1-c1ccccc1. The number of benzene rings is 2. The van der Waals surface area contributed by atoms with Gasteiger partial charge in [-0.3, -0.25) is 0 Å². The van der Waals surface area contributed by atoms with Crippen LogP contribution in [0.1, 0.15) is 22.5 Å². The summed E-state index contributed by atoms with van der Waals surface area (Å²) in [4.78, 5) is 18.4. The van der Waals surface area contributed by atoms with E-state index in [0.29, 0.717) is 18.9 Å². The van der Waals surface area contributed by atoms with Crippen molar-refractivity contribution in [1.82, 2.24) is 25.0 Å². The molecule has 0 radical (unpaired) electrons. The fourth-order valence-electron chi connectivity index (χ4n) is 2.87. The molecule has 1 N–H and O–H groups in total. The first kappa shape index (κ1) is 17.7. The monoisotopic (exact) mass is 349 g/mol. The fourth-order valence-corrected chi connectivity index (χ4v) is 2.87. The number of carbonyl (C=O) groups is 1. The summed E-state index contributed by atoms with van der Waals surface area (Å²) in [5.41, 5.74) is 4.47. The highest BCUT2D eigenvalue weighted by Gasteiger charge is 2.13. The Morgan fingerprint density at radius 3 is 2.46 bits per heavy atom. The van der Waals surface area contributed by atoms with E-state index in [1.54, 1.807) is 16.6 Å². The van der Waals surface area contributed by atoms with E-state index in [4.69, 9.17) is 0 Å². The lowest BCUT2D eigenvalue weighted by molar-refractivity contribution is 0.206. The van der Waals surface area contributed by atoms with E-state index in [2.05, 4.69) is 41.4 Å². The van der Waals surface area contributed by atoms with Gasteiger partial charge < -0.3 is 10.2 Å². The first-order chi connectivity index (χ1) is 12.6. The zero-order valence-corrected chi connectivity index (χ0v) is 15.3. The molecule has 0 aliphatic rings. The zero-order valence-electron chi connectivity index (χ0n) is 15.3. The Bertz CT molecular complexity index is 868. The van der Waals surface area contributed by atoms with Crippen molar-refractivity contribution in [3.8, 4) is 5.69 Å². The van der Waals surface area contributed by atoms with Crippen molar-refractivity contribution in [3.63, 3.8) is 0 Å². The molecule has 0 aliphatic carbocycles. The molecule has 2 amide bonds. The van der Waals surface area contributed by atoms with Crippen molar-refractivity contribution in [3.05, 3.63) is 77.4 Å². The van der Waals surface area contributed by atoms with Crippen LogP contribution in [0.2, 0.25) is 0 Å². The van der Waals surface area contributed by atoms with Crippen molar-refractivity contribution >= 4 is 6.03 Å². The third kappa shape index (κ3) is 3.91. The van der Waals surface area contributed by atoms with Gasteiger partial charge in [0.25, 0.3) is 0 Å². The molecular weight excluding hydrogens is 326 g/mol. The van der Waals surface area contributed by atoms with Crippen LogP contribution in [-0.4, -0.2) is 32.7 Å². The van der Waals surface area contributed by atoms with Gasteiger partial charge in [0, 0.05) is 13.6 Å². The number of hydrogen-bond donors (Lipinski definition) is 1. The molecule has 0 atom stereocenters. The number of rotatable bonds is 5. The van der Waals surface area contributed by atoms with Crippen molar-refractivity contribution in [2.45, 2.75) is 26.9 Å². The van der Waals surface area contributed by atoms with Crippen LogP contribution in [0.4, 0.5) is 4.79 Å². The van der Waals surface area contributed by atoms with Crippen molar-refractivity contribution in [2.75, 3.05) is 7.05 Å². The number of aromatic nitrogens is 3. The average molecular weight is 349 g/mol. The first-order valence-electron chi connectivity index (χ1n) is 8.54. The maximum absolute atomic E-state index is 12.5. The molecule has 2 aromatic carbocycles. The molecule has 1 aromatic heterocycles. The number of hydrogen-bond acceptors (Lipinski definition) is 3. The van der Waals surface area contributed by atoms with Crippen molar-refractivity contribution < 1.29 is 4.79 Å². The van der Waals surface area contributed by atoms with Gasteiger partial charge in [-0.2, -0.15) is 5.10 Å². The van der Waals surface area contributed by atoms with Gasteiger partial charge in [-0.05, 0) is 42.7 Å². The van der Waals surface area contributed by atoms with Crippen LogP contribution in [0, 0.1) is 13.8 Å². The van der Waals surface area contributed by atoms with Gasteiger partial charge in [-0.25, -0.2) is 14.5 Å². The highest BCUT2D eigenvalue weighted by molar-refractivity contribution is 5.73. The molecular formula is C20H23N5O. The highest BCUT2D eigenvalue weighted by Crippen LogP contribution is 2.15. The van der Waals surface area contributed by atoms with Crippen LogP contribution in [0.5, 0.6) is 0 Å². The van der Waals surface area contributed by atoms with Crippen LogP contribution in [-0.2, 0) is 13.1 Å². The quantitative estimate of drug-likeness (QED) is 0.769. The zero-order chi connectivity index (χ0) is 18.5. The van der Waals surface area contributed by atoms with E-state index in [9.17, 15) is 4.79 Å². The molecule has 0 aliphatic heterocycles. The Morgan fingerprint density at radius 2 is 1.77 bits per heavy atom. The Hall–Kier alpha value is -3.15. The van der Waals surface area contributed by atoms with Crippen molar-refractivity contribution in [1.29, 1.82) is 0 Å². The number of aryl methyl sites for hydroxylation is 2. The van der Waals surface area contributed by atoms with Crippen molar-refractivity contribution in [2.24, 2.45) is 0 Å². The summed E-state index contributed by atoms with van der Waals surface area (Å²) in [5, 5.41) is 7.16. The standard InChI is InChI=1S/C20H23N5O/c1-15-8-7-9-16(2)18(15)13-24(3)20(26)21-12-19-22-14-23-25(19)17-10-5-4-6-11-17/h4-11,14H,12-13H2,1-3H3,(H,21,26). The number of nitrogens with one attached hydrogen (secondary N) is 1. The summed E-state index contributed by atoms with van der Waals surface area (Å²) in [6.07, 6.45) is 1.49. The smallest absolute Gasteiger partial charge is 0.317 e. The molecule has 1 heterocycles. The predicted octanol–water partition coefficient (Wildman–Crippen LogP) is 3.23. The number of amides is 2. The van der Waals surface area contributed by atoms with Crippen LogP contribution >= 0.6 is 0 Å². The topological polar surface area (TPSA) is 63.1 Å². The average Bonchev–Trinajstić information content (AvgIpc) is 3.12. The van der Waals surface area contributed by atoms with Crippen LogP contribution in [0.3, 0.4) is 0 Å². The number of para-hydroxylation sites is 1. The molecule has 3 rings (SSSR count). The lowest BCUT2D eigenvalue weighted by atomic mass is 10.0. The Labute approximate surface area is 153 Å². The first-order valence-corrected chi connectivity index (χ1v) is 8.54. The third-order valence-corrected chi connectivity index (χ3v) is 4.40. The lowest BCUT2D eigenvalue weighted by Gasteiger charge is -2.20. The molecule has 26 heavy (non-hydrogen) atoms. The van der Waals surface area contributed by atoms with E-state index in [1.165, 1.54) is 23.0 Å². The maximum Gasteiger partial charge on any atom is 0.317 e. The van der Waals surface area contributed by atoms with Crippen LogP contribution in [0.25, 0.3) is 5.69 Å². The second-order valence-corrected chi connectivity index (χ2v) is 6.31. The summed E-state index contributed by atoms with van der Waals surface area (Å²) < 4.78 is 1.73. The Balaban J connectivity index is 1.64. The minimum absolute atomic E-state index is 0.143. The predicted molar refractivity (Wildman–Crippen MR) is 101 cm³/mol. The van der Waals surface area contributed by atoms with Gasteiger partial charge in [0.05, 0.1) is 12.2 Å². The molecule has 6 nitrogen and oxygen atoms in total. The maximum atomic E-state index is 12.5. The lowest BCUT2D eigenvalue weighted by Crippen LogP contribution is -2.37. The summed E-state index contributed by atoms with van der Waals surface area (Å²) in [6.45, 7) is 5.01. The van der Waals surface area contributed by atoms with Gasteiger partial charge in [-0.1, -0.05) is 36.4 Å². The van der Waals surface area contributed by atoms with Gasteiger partial charge in [0.15, 0.2) is 5.82 Å². The number of urea groups is 1. The molecule has 0 saturated carbocycles. The molecule has 0 saturated heterocycles.